The molecule has 4 heteroatoms. The SMILES string of the molecule is COc1c(F)cc(C(C)C)cc1CCON. The summed E-state index contributed by atoms with van der Waals surface area (Å²) >= 11 is 0. The summed E-state index contributed by atoms with van der Waals surface area (Å²) in [4.78, 5) is 4.51. The van der Waals surface area contributed by atoms with Crippen LogP contribution < -0.4 is 10.6 Å². The predicted molar refractivity (Wildman–Crippen MR) is 60.9 cm³/mol. The van der Waals surface area contributed by atoms with Gasteiger partial charge in [-0.2, -0.15) is 0 Å². The molecule has 0 aliphatic carbocycles. The van der Waals surface area contributed by atoms with Crippen LogP contribution in [0.15, 0.2) is 12.1 Å². The van der Waals surface area contributed by atoms with Crippen molar-refractivity contribution in [1.82, 2.24) is 0 Å². The van der Waals surface area contributed by atoms with Gasteiger partial charge in [0.25, 0.3) is 0 Å². The van der Waals surface area contributed by atoms with E-state index in [0.29, 0.717) is 13.0 Å². The van der Waals surface area contributed by atoms with Gasteiger partial charge in [0.1, 0.15) is 0 Å². The van der Waals surface area contributed by atoms with Crippen molar-refractivity contribution < 1.29 is 14.0 Å². The lowest BCUT2D eigenvalue weighted by molar-refractivity contribution is 0.140. The fourth-order valence-corrected chi connectivity index (χ4v) is 1.59. The second-order valence-electron chi connectivity index (χ2n) is 3.97. The molecule has 0 fully saturated rings. The van der Waals surface area contributed by atoms with Gasteiger partial charge in [0.2, 0.25) is 0 Å². The zero-order valence-electron chi connectivity index (χ0n) is 9.92. The van der Waals surface area contributed by atoms with Crippen molar-refractivity contribution in [3.8, 4) is 5.75 Å². The van der Waals surface area contributed by atoms with Crippen LogP contribution in [0.1, 0.15) is 30.9 Å². The molecule has 0 bridgehead atoms. The number of hydrogen-bond acceptors (Lipinski definition) is 3. The highest BCUT2D eigenvalue weighted by Gasteiger charge is 2.13. The van der Waals surface area contributed by atoms with Crippen LogP contribution in [0.25, 0.3) is 0 Å². The van der Waals surface area contributed by atoms with Gasteiger partial charge in [0.05, 0.1) is 13.7 Å². The van der Waals surface area contributed by atoms with Crippen LogP contribution in [0.4, 0.5) is 4.39 Å². The molecule has 0 heterocycles. The zero-order valence-corrected chi connectivity index (χ0v) is 9.92. The van der Waals surface area contributed by atoms with Crippen molar-refractivity contribution in [3.05, 3.63) is 29.1 Å². The molecule has 0 saturated heterocycles. The highest BCUT2D eigenvalue weighted by molar-refractivity contribution is 5.40. The normalized spacial score (nSPS) is 10.9. The zero-order chi connectivity index (χ0) is 12.1. The van der Waals surface area contributed by atoms with Gasteiger partial charge in [-0.1, -0.05) is 19.9 Å². The van der Waals surface area contributed by atoms with Crippen LogP contribution in [0, 0.1) is 5.82 Å². The Morgan fingerprint density at radius 1 is 1.38 bits per heavy atom. The van der Waals surface area contributed by atoms with Crippen LogP contribution in [0.2, 0.25) is 0 Å². The minimum absolute atomic E-state index is 0.276. The van der Waals surface area contributed by atoms with E-state index in [9.17, 15) is 4.39 Å². The fourth-order valence-electron chi connectivity index (χ4n) is 1.59. The van der Waals surface area contributed by atoms with Crippen molar-refractivity contribution in [2.24, 2.45) is 5.90 Å². The average molecular weight is 227 g/mol. The van der Waals surface area contributed by atoms with Crippen LogP contribution in [0.3, 0.4) is 0 Å². The molecule has 0 atom stereocenters. The largest absolute Gasteiger partial charge is 0.493 e. The molecule has 0 aliphatic heterocycles. The highest BCUT2D eigenvalue weighted by atomic mass is 19.1. The average Bonchev–Trinajstić information content (AvgIpc) is 2.25. The van der Waals surface area contributed by atoms with E-state index in [1.165, 1.54) is 13.2 Å². The molecule has 0 aliphatic rings. The van der Waals surface area contributed by atoms with Crippen LogP contribution >= 0.6 is 0 Å². The molecule has 1 aromatic rings. The van der Waals surface area contributed by atoms with Crippen LogP contribution in [-0.2, 0) is 11.3 Å². The lowest BCUT2D eigenvalue weighted by atomic mass is 9.98. The summed E-state index contributed by atoms with van der Waals surface area (Å²) in [5.41, 5.74) is 1.74. The van der Waals surface area contributed by atoms with Gasteiger partial charge in [0, 0.05) is 6.42 Å². The second-order valence-corrected chi connectivity index (χ2v) is 3.97. The molecule has 16 heavy (non-hydrogen) atoms. The summed E-state index contributed by atoms with van der Waals surface area (Å²) in [5, 5.41) is 0. The van der Waals surface area contributed by atoms with Crippen LogP contribution in [-0.4, -0.2) is 13.7 Å². The first-order valence-corrected chi connectivity index (χ1v) is 5.28. The number of halogens is 1. The van der Waals surface area contributed by atoms with E-state index in [-0.39, 0.29) is 17.5 Å². The molecule has 0 unspecified atom stereocenters. The number of rotatable bonds is 5. The Kier molecular flexibility index (Phi) is 4.71. The topological polar surface area (TPSA) is 44.5 Å². The third-order valence-corrected chi connectivity index (χ3v) is 2.50. The Balaban J connectivity index is 3.09. The molecule has 0 aromatic heterocycles. The maximum absolute atomic E-state index is 13.7. The summed E-state index contributed by atoms with van der Waals surface area (Å²) in [6.07, 6.45) is 0.539. The molecular weight excluding hydrogens is 209 g/mol. The summed E-state index contributed by atoms with van der Waals surface area (Å²) in [7, 11) is 1.46. The van der Waals surface area contributed by atoms with Gasteiger partial charge >= 0.3 is 0 Å². The lowest BCUT2D eigenvalue weighted by Crippen LogP contribution is -2.06. The van der Waals surface area contributed by atoms with Gasteiger partial charge in [-0.25, -0.2) is 10.3 Å². The van der Waals surface area contributed by atoms with E-state index in [0.717, 1.165) is 11.1 Å². The molecule has 0 saturated carbocycles. The van der Waals surface area contributed by atoms with E-state index in [4.69, 9.17) is 10.6 Å². The molecule has 1 rings (SSSR count). The molecule has 1 aromatic carbocycles. The molecular formula is C12H18FNO2. The molecule has 0 spiro atoms. The quantitative estimate of drug-likeness (QED) is 0.785. The number of methoxy groups -OCH3 is 1. The summed E-state index contributed by atoms with van der Waals surface area (Å²) in [6, 6.07) is 3.45. The smallest absolute Gasteiger partial charge is 0.165 e. The number of nitrogens with two attached hydrogens (primary N) is 1. The maximum Gasteiger partial charge on any atom is 0.165 e. The first kappa shape index (κ1) is 12.9. The van der Waals surface area contributed by atoms with Gasteiger partial charge < -0.3 is 9.57 Å². The van der Waals surface area contributed by atoms with Crippen molar-refractivity contribution in [2.75, 3.05) is 13.7 Å². The number of hydrogen-bond donors (Lipinski definition) is 1. The van der Waals surface area contributed by atoms with Crippen molar-refractivity contribution >= 4 is 0 Å². The van der Waals surface area contributed by atoms with Crippen molar-refractivity contribution in [3.63, 3.8) is 0 Å². The van der Waals surface area contributed by atoms with E-state index in [2.05, 4.69) is 4.84 Å². The van der Waals surface area contributed by atoms with Crippen molar-refractivity contribution in [2.45, 2.75) is 26.2 Å². The Morgan fingerprint density at radius 2 is 2.06 bits per heavy atom. The maximum atomic E-state index is 13.7. The summed E-state index contributed by atoms with van der Waals surface area (Å²) < 4.78 is 18.7. The molecule has 90 valence electrons. The highest BCUT2D eigenvalue weighted by Crippen LogP contribution is 2.28. The van der Waals surface area contributed by atoms with Gasteiger partial charge in [0.15, 0.2) is 11.6 Å². The third-order valence-electron chi connectivity index (χ3n) is 2.50. The first-order chi connectivity index (χ1) is 7.60. The monoisotopic (exact) mass is 227 g/mol. The van der Waals surface area contributed by atoms with E-state index < -0.39 is 0 Å². The standard InChI is InChI=1S/C12H18FNO2/c1-8(2)10-6-9(4-5-16-14)12(15-3)11(13)7-10/h6-8H,4-5,14H2,1-3H3. The van der Waals surface area contributed by atoms with Crippen LogP contribution in [0.5, 0.6) is 5.75 Å². The van der Waals surface area contributed by atoms with Gasteiger partial charge in [-0.3, -0.25) is 0 Å². The minimum atomic E-state index is -0.333. The summed E-state index contributed by atoms with van der Waals surface area (Å²) in [6.45, 7) is 4.38. The molecule has 0 radical (unpaired) electrons. The Labute approximate surface area is 95.3 Å². The molecule has 3 nitrogen and oxygen atoms in total. The first-order valence-electron chi connectivity index (χ1n) is 5.28. The Bertz CT molecular complexity index is 353. The Morgan fingerprint density at radius 3 is 2.56 bits per heavy atom. The van der Waals surface area contributed by atoms with E-state index in [1.807, 2.05) is 19.9 Å². The van der Waals surface area contributed by atoms with Gasteiger partial charge in [-0.15, -0.1) is 0 Å². The second kappa shape index (κ2) is 5.82. The fraction of sp³-hybridized carbons (Fsp3) is 0.500. The van der Waals surface area contributed by atoms with E-state index in [1.54, 1.807) is 0 Å². The Hall–Kier alpha value is -1.13. The molecule has 2 N–H and O–H groups in total. The number of benzene rings is 1. The number of ether oxygens (including phenoxy) is 1. The summed E-state index contributed by atoms with van der Waals surface area (Å²) in [5.74, 6) is 5.19. The third kappa shape index (κ3) is 2.93. The lowest BCUT2D eigenvalue weighted by Gasteiger charge is -2.13. The van der Waals surface area contributed by atoms with Crippen molar-refractivity contribution in [1.29, 1.82) is 0 Å². The predicted octanol–water partition coefficient (Wildman–Crippen LogP) is 2.39. The molecule has 0 amide bonds. The minimum Gasteiger partial charge on any atom is -0.493 e. The van der Waals surface area contributed by atoms with Gasteiger partial charge in [-0.05, 0) is 23.1 Å². The van der Waals surface area contributed by atoms with E-state index >= 15 is 0 Å².